The van der Waals surface area contributed by atoms with Gasteiger partial charge in [-0.1, -0.05) is 12.8 Å². The van der Waals surface area contributed by atoms with Gasteiger partial charge < -0.3 is 10.8 Å². The van der Waals surface area contributed by atoms with Crippen molar-refractivity contribution in [3.05, 3.63) is 0 Å². The van der Waals surface area contributed by atoms with Crippen molar-refractivity contribution in [3.8, 4) is 0 Å². The molecule has 0 aromatic heterocycles. The maximum atomic E-state index is 11.8. The van der Waals surface area contributed by atoms with Crippen LogP contribution in [0, 0.1) is 0 Å². The molecule has 0 saturated heterocycles. The fourth-order valence-electron chi connectivity index (χ4n) is 1.93. The molecule has 1 aliphatic carbocycles. The van der Waals surface area contributed by atoms with Crippen LogP contribution in [0.15, 0.2) is 0 Å². The van der Waals surface area contributed by atoms with E-state index in [9.17, 15) is 8.42 Å². The SMILES string of the molecule is NC(CCO)CS(=O)(=O)C1CCCC1. The Labute approximate surface area is 85.4 Å². The molecule has 1 aliphatic rings. The van der Waals surface area contributed by atoms with E-state index >= 15 is 0 Å². The zero-order valence-corrected chi connectivity index (χ0v) is 9.17. The molecule has 4 nitrogen and oxygen atoms in total. The minimum atomic E-state index is -3.02. The summed E-state index contributed by atoms with van der Waals surface area (Å²) < 4.78 is 23.5. The number of aliphatic hydroxyl groups is 1. The third kappa shape index (κ3) is 3.22. The van der Waals surface area contributed by atoms with Gasteiger partial charge in [-0.2, -0.15) is 0 Å². The quantitative estimate of drug-likeness (QED) is 0.687. The van der Waals surface area contributed by atoms with Crippen LogP contribution in [0.2, 0.25) is 0 Å². The Hall–Kier alpha value is -0.130. The second-order valence-corrected chi connectivity index (χ2v) is 6.33. The van der Waals surface area contributed by atoms with Crippen molar-refractivity contribution in [3.63, 3.8) is 0 Å². The molecule has 0 aliphatic heterocycles. The van der Waals surface area contributed by atoms with Crippen LogP contribution in [0.4, 0.5) is 0 Å². The maximum Gasteiger partial charge on any atom is 0.154 e. The highest BCUT2D eigenvalue weighted by Crippen LogP contribution is 2.25. The van der Waals surface area contributed by atoms with Gasteiger partial charge in [0.1, 0.15) is 0 Å². The molecule has 84 valence electrons. The van der Waals surface area contributed by atoms with E-state index in [1.54, 1.807) is 0 Å². The van der Waals surface area contributed by atoms with Crippen molar-refractivity contribution in [2.24, 2.45) is 5.73 Å². The molecule has 1 atom stereocenters. The largest absolute Gasteiger partial charge is 0.396 e. The van der Waals surface area contributed by atoms with Crippen LogP contribution >= 0.6 is 0 Å². The van der Waals surface area contributed by atoms with Gasteiger partial charge in [-0.15, -0.1) is 0 Å². The summed E-state index contributed by atoms with van der Waals surface area (Å²) in [7, 11) is -3.02. The Balaban J connectivity index is 2.48. The molecule has 0 aromatic rings. The molecule has 0 bridgehead atoms. The maximum absolute atomic E-state index is 11.8. The molecule has 1 saturated carbocycles. The van der Waals surface area contributed by atoms with E-state index in [0.29, 0.717) is 6.42 Å². The van der Waals surface area contributed by atoms with Gasteiger partial charge in [0, 0.05) is 12.6 Å². The zero-order valence-electron chi connectivity index (χ0n) is 8.35. The summed E-state index contributed by atoms with van der Waals surface area (Å²) in [4.78, 5) is 0. The van der Waals surface area contributed by atoms with Crippen LogP contribution in [0.25, 0.3) is 0 Å². The van der Waals surface area contributed by atoms with Gasteiger partial charge in [-0.25, -0.2) is 8.42 Å². The molecule has 14 heavy (non-hydrogen) atoms. The third-order valence-electron chi connectivity index (χ3n) is 2.76. The predicted molar refractivity (Wildman–Crippen MR) is 55.7 cm³/mol. The van der Waals surface area contributed by atoms with Gasteiger partial charge in [-0.3, -0.25) is 0 Å². The van der Waals surface area contributed by atoms with E-state index in [2.05, 4.69) is 0 Å². The second kappa shape index (κ2) is 5.09. The average Bonchev–Trinajstić information content (AvgIpc) is 2.54. The van der Waals surface area contributed by atoms with E-state index in [4.69, 9.17) is 10.8 Å². The molecular formula is C9H19NO3S. The first-order valence-corrected chi connectivity index (χ1v) is 6.86. The van der Waals surface area contributed by atoms with E-state index in [0.717, 1.165) is 25.7 Å². The molecule has 0 heterocycles. The summed E-state index contributed by atoms with van der Waals surface area (Å²) >= 11 is 0. The molecule has 3 N–H and O–H groups in total. The Morgan fingerprint density at radius 3 is 2.43 bits per heavy atom. The zero-order chi connectivity index (χ0) is 10.6. The minimum absolute atomic E-state index is 0.0260. The Bertz CT molecular complexity index is 257. The third-order valence-corrected chi connectivity index (χ3v) is 5.14. The lowest BCUT2D eigenvalue weighted by molar-refractivity contribution is 0.279. The Morgan fingerprint density at radius 1 is 1.36 bits per heavy atom. The van der Waals surface area contributed by atoms with Gasteiger partial charge in [0.2, 0.25) is 0 Å². The molecule has 1 rings (SSSR count). The van der Waals surface area contributed by atoms with Gasteiger partial charge in [-0.05, 0) is 19.3 Å². The van der Waals surface area contributed by atoms with Crippen LogP contribution < -0.4 is 5.73 Å². The van der Waals surface area contributed by atoms with Crippen LogP contribution in [-0.4, -0.2) is 37.2 Å². The van der Waals surface area contributed by atoms with Crippen molar-refractivity contribution in [1.82, 2.24) is 0 Å². The van der Waals surface area contributed by atoms with Crippen LogP contribution in [0.3, 0.4) is 0 Å². The van der Waals surface area contributed by atoms with Crippen LogP contribution in [0.1, 0.15) is 32.1 Å². The summed E-state index contributed by atoms with van der Waals surface area (Å²) in [6, 6.07) is -0.411. The van der Waals surface area contributed by atoms with E-state index < -0.39 is 15.9 Å². The number of hydrogen-bond acceptors (Lipinski definition) is 4. The summed E-state index contributed by atoms with van der Waals surface area (Å²) in [5.41, 5.74) is 5.60. The first-order valence-electron chi connectivity index (χ1n) is 5.14. The molecule has 0 spiro atoms. The fraction of sp³-hybridized carbons (Fsp3) is 1.00. The number of nitrogens with two attached hydrogens (primary N) is 1. The molecule has 1 fully saturated rings. The predicted octanol–water partition coefficient (Wildman–Crippen LogP) is 0.0535. The Kier molecular flexibility index (Phi) is 4.34. The van der Waals surface area contributed by atoms with Gasteiger partial charge in [0.25, 0.3) is 0 Å². The molecule has 0 radical (unpaired) electrons. The number of rotatable bonds is 5. The summed E-state index contributed by atoms with van der Waals surface area (Å²) in [6.45, 7) is -0.0403. The fourth-order valence-corrected chi connectivity index (χ4v) is 4.02. The number of sulfone groups is 1. The standard InChI is InChI=1S/C9H19NO3S/c10-8(5-6-11)7-14(12,13)9-3-1-2-4-9/h8-9,11H,1-7,10H2. The van der Waals surface area contributed by atoms with E-state index in [1.165, 1.54) is 0 Å². The van der Waals surface area contributed by atoms with Gasteiger partial charge in [0.05, 0.1) is 11.0 Å². The van der Waals surface area contributed by atoms with Gasteiger partial charge in [0.15, 0.2) is 9.84 Å². The van der Waals surface area contributed by atoms with Crippen molar-refractivity contribution >= 4 is 9.84 Å². The summed E-state index contributed by atoms with van der Waals surface area (Å²) in [6.07, 6.45) is 3.96. The van der Waals surface area contributed by atoms with Crippen molar-refractivity contribution in [2.45, 2.75) is 43.4 Å². The number of hydrogen-bond donors (Lipinski definition) is 2. The van der Waals surface area contributed by atoms with Crippen molar-refractivity contribution < 1.29 is 13.5 Å². The topological polar surface area (TPSA) is 80.4 Å². The highest BCUT2D eigenvalue weighted by Gasteiger charge is 2.29. The molecule has 5 heteroatoms. The lowest BCUT2D eigenvalue weighted by Crippen LogP contribution is -2.34. The second-order valence-electron chi connectivity index (χ2n) is 4.01. The highest BCUT2D eigenvalue weighted by molar-refractivity contribution is 7.92. The Morgan fingerprint density at radius 2 is 1.93 bits per heavy atom. The van der Waals surface area contributed by atoms with Crippen molar-refractivity contribution in [1.29, 1.82) is 0 Å². The number of aliphatic hydroxyl groups excluding tert-OH is 1. The minimum Gasteiger partial charge on any atom is -0.396 e. The molecule has 1 unspecified atom stereocenters. The average molecular weight is 221 g/mol. The smallest absolute Gasteiger partial charge is 0.154 e. The van der Waals surface area contributed by atoms with Gasteiger partial charge >= 0.3 is 0 Å². The first-order chi connectivity index (χ1) is 6.56. The lowest BCUT2D eigenvalue weighted by Gasteiger charge is -2.14. The summed E-state index contributed by atoms with van der Waals surface area (Å²) in [5.74, 6) is 0.0260. The molecular weight excluding hydrogens is 202 g/mol. The van der Waals surface area contributed by atoms with Crippen molar-refractivity contribution in [2.75, 3.05) is 12.4 Å². The van der Waals surface area contributed by atoms with Crippen LogP contribution in [0.5, 0.6) is 0 Å². The van der Waals surface area contributed by atoms with E-state index in [1.807, 2.05) is 0 Å². The van der Waals surface area contributed by atoms with Crippen LogP contribution in [-0.2, 0) is 9.84 Å². The highest BCUT2D eigenvalue weighted by atomic mass is 32.2. The normalized spacial score (nSPS) is 21.3. The monoisotopic (exact) mass is 221 g/mol. The summed E-state index contributed by atoms with van der Waals surface area (Å²) in [5, 5.41) is 8.45. The molecule has 0 aromatic carbocycles. The van der Waals surface area contributed by atoms with E-state index in [-0.39, 0.29) is 17.6 Å². The lowest BCUT2D eigenvalue weighted by atomic mass is 10.3. The molecule has 0 amide bonds. The first kappa shape index (κ1) is 11.9.